The maximum Gasteiger partial charge on any atom is 0.310 e. The Hall–Kier alpha value is -3.72. The van der Waals surface area contributed by atoms with Crippen LogP contribution in [0.4, 0.5) is 11.4 Å². The van der Waals surface area contributed by atoms with Gasteiger partial charge >= 0.3 is 5.97 Å². The quantitative estimate of drug-likeness (QED) is 0.533. The lowest BCUT2D eigenvalue weighted by Crippen LogP contribution is -2.38. The summed E-state index contributed by atoms with van der Waals surface area (Å²) in [6, 6.07) is 14.5. The summed E-state index contributed by atoms with van der Waals surface area (Å²) in [5.74, 6) is -0.627. The van der Waals surface area contributed by atoms with E-state index in [0.29, 0.717) is 22.1 Å². The first-order chi connectivity index (χ1) is 15.5. The lowest BCUT2D eigenvalue weighted by Gasteiger charge is -2.25. The van der Waals surface area contributed by atoms with Crippen LogP contribution in [0.5, 0.6) is 5.75 Å². The van der Waals surface area contributed by atoms with Gasteiger partial charge in [-0.05, 0) is 31.2 Å². The van der Waals surface area contributed by atoms with Crippen LogP contribution in [0.1, 0.15) is 22.7 Å². The van der Waals surface area contributed by atoms with Gasteiger partial charge in [0.25, 0.3) is 5.91 Å². The lowest BCUT2D eigenvalue weighted by molar-refractivity contribution is -0.149. The second kappa shape index (κ2) is 9.61. The number of para-hydroxylation sites is 2. The summed E-state index contributed by atoms with van der Waals surface area (Å²) < 4.78 is 10.8. The number of carbonyl (C=O) groups excluding carboxylic acids is 3. The van der Waals surface area contributed by atoms with Gasteiger partial charge in [0.05, 0.1) is 24.2 Å². The number of aryl methyl sites for hydroxylation is 1. The topological polar surface area (TPSA) is 107 Å². The molecule has 1 aliphatic rings. The van der Waals surface area contributed by atoms with Crippen molar-refractivity contribution >= 4 is 40.5 Å². The third kappa shape index (κ3) is 5.50. The molecule has 2 N–H and O–H groups in total. The number of hydrogen-bond donors (Lipinski definition) is 2. The molecule has 0 radical (unpaired) electrons. The van der Waals surface area contributed by atoms with E-state index in [-0.39, 0.29) is 25.4 Å². The van der Waals surface area contributed by atoms with E-state index in [9.17, 15) is 14.4 Å². The van der Waals surface area contributed by atoms with Crippen molar-refractivity contribution in [1.29, 1.82) is 0 Å². The number of esters is 1. The van der Waals surface area contributed by atoms with Crippen molar-refractivity contribution in [3.8, 4) is 5.75 Å². The number of rotatable bonds is 7. The van der Waals surface area contributed by atoms with E-state index in [1.807, 2.05) is 31.2 Å². The first-order valence-corrected chi connectivity index (χ1v) is 10.9. The number of nitrogens with one attached hydrogen (secondary N) is 2. The highest BCUT2D eigenvalue weighted by molar-refractivity contribution is 7.09. The van der Waals surface area contributed by atoms with Gasteiger partial charge in [0.15, 0.2) is 6.10 Å². The molecule has 2 amide bonds. The molecule has 0 saturated carbocycles. The number of ether oxygens (including phenoxy) is 2. The SMILES string of the molecule is Cc1ccc(NC(=O)Cc2nc(COC(=O)C[C@H]3Oc4ccccc4NC3=O)cs2)cc1. The van der Waals surface area contributed by atoms with Gasteiger partial charge in [-0.3, -0.25) is 14.4 Å². The number of carbonyl (C=O) groups is 3. The minimum atomic E-state index is -0.950. The molecular formula is C23H21N3O5S. The Morgan fingerprint density at radius 2 is 1.97 bits per heavy atom. The first-order valence-electron chi connectivity index (χ1n) is 9.98. The van der Waals surface area contributed by atoms with Gasteiger partial charge in [-0.1, -0.05) is 29.8 Å². The summed E-state index contributed by atoms with van der Waals surface area (Å²) in [5, 5.41) is 7.89. The van der Waals surface area contributed by atoms with E-state index in [0.717, 1.165) is 11.3 Å². The molecule has 2 aromatic carbocycles. The van der Waals surface area contributed by atoms with Crippen molar-refractivity contribution in [2.24, 2.45) is 0 Å². The van der Waals surface area contributed by atoms with Gasteiger partial charge in [0.2, 0.25) is 5.91 Å². The van der Waals surface area contributed by atoms with E-state index in [1.165, 1.54) is 11.3 Å². The molecule has 1 aromatic heterocycles. The largest absolute Gasteiger partial charge is 0.478 e. The Bertz CT molecular complexity index is 1140. The molecule has 1 atom stereocenters. The molecule has 0 bridgehead atoms. The fourth-order valence-electron chi connectivity index (χ4n) is 3.07. The fourth-order valence-corrected chi connectivity index (χ4v) is 3.84. The number of aromatic nitrogens is 1. The summed E-state index contributed by atoms with van der Waals surface area (Å²) in [6.45, 7) is 1.94. The fraction of sp³-hybridized carbons (Fsp3) is 0.217. The first kappa shape index (κ1) is 21.5. The molecule has 0 aliphatic carbocycles. The Morgan fingerprint density at radius 3 is 2.78 bits per heavy atom. The van der Waals surface area contributed by atoms with Gasteiger partial charge < -0.3 is 20.1 Å². The lowest BCUT2D eigenvalue weighted by atomic mass is 10.1. The molecular weight excluding hydrogens is 430 g/mol. The van der Waals surface area contributed by atoms with Gasteiger partial charge in [0.1, 0.15) is 17.4 Å². The number of nitrogens with zero attached hydrogens (tertiary/aromatic N) is 1. The van der Waals surface area contributed by atoms with Crippen molar-refractivity contribution in [3.05, 3.63) is 70.2 Å². The van der Waals surface area contributed by atoms with Gasteiger partial charge in [-0.2, -0.15) is 0 Å². The van der Waals surface area contributed by atoms with Crippen LogP contribution in [0.3, 0.4) is 0 Å². The second-order valence-corrected chi connectivity index (χ2v) is 8.22. The average molecular weight is 452 g/mol. The number of amides is 2. The van der Waals surface area contributed by atoms with Crippen molar-refractivity contribution in [1.82, 2.24) is 4.98 Å². The highest BCUT2D eigenvalue weighted by Crippen LogP contribution is 2.29. The van der Waals surface area contributed by atoms with E-state index in [1.54, 1.807) is 29.6 Å². The molecule has 164 valence electrons. The van der Waals surface area contributed by atoms with Crippen molar-refractivity contribution in [2.75, 3.05) is 10.6 Å². The van der Waals surface area contributed by atoms with E-state index < -0.39 is 18.0 Å². The van der Waals surface area contributed by atoms with Crippen LogP contribution in [0.2, 0.25) is 0 Å². The molecule has 2 heterocycles. The number of thiazole rings is 1. The minimum Gasteiger partial charge on any atom is -0.478 e. The number of hydrogen-bond acceptors (Lipinski definition) is 7. The van der Waals surface area contributed by atoms with Crippen molar-refractivity contribution in [2.45, 2.75) is 32.5 Å². The molecule has 8 nitrogen and oxygen atoms in total. The van der Waals surface area contributed by atoms with Gasteiger partial charge in [0, 0.05) is 11.1 Å². The summed E-state index contributed by atoms with van der Waals surface area (Å²) in [4.78, 5) is 40.9. The molecule has 0 spiro atoms. The Labute approximate surface area is 188 Å². The zero-order valence-electron chi connectivity index (χ0n) is 17.3. The van der Waals surface area contributed by atoms with Gasteiger partial charge in [-0.15, -0.1) is 11.3 Å². The molecule has 3 aromatic rings. The third-order valence-electron chi connectivity index (χ3n) is 4.69. The molecule has 0 saturated heterocycles. The van der Waals surface area contributed by atoms with E-state index in [2.05, 4.69) is 15.6 Å². The van der Waals surface area contributed by atoms with Crippen molar-refractivity contribution in [3.63, 3.8) is 0 Å². The summed E-state index contributed by atoms with van der Waals surface area (Å²) in [7, 11) is 0. The Kier molecular flexibility index (Phi) is 6.46. The molecule has 9 heteroatoms. The zero-order chi connectivity index (χ0) is 22.5. The predicted molar refractivity (Wildman–Crippen MR) is 120 cm³/mol. The number of benzene rings is 2. The maximum atomic E-state index is 12.2. The normalized spacial score (nSPS) is 14.7. The second-order valence-electron chi connectivity index (χ2n) is 7.28. The molecule has 0 fully saturated rings. The number of anilines is 2. The predicted octanol–water partition coefficient (Wildman–Crippen LogP) is 3.47. The van der Waals surface area contributed by atoms with Crippen LogP contribution < -0.4 is 15.4 Å². The minimum absolute atomic E-state index is 0.0418. The van der Waals surface area contributed by atoms with Gasteiger partial charge in [-0.25, -0.2) is 4.98 Å². The standard InChI is InChI=1S/C23H21N3O5S/c1-14-6-8-15(9-7-14)24-20(27)11-21-25-16(13-32-21)12-30-22(28)10-19-23(29)26-17-4-2-3-5-18(17)31-19/h2-9,13,19H,10-12H2,1H3,(H,24,27)(H,26,29)/t19-/m1/s1. The van der Waals surface area contributed by atoms with Crippen LogP contribution in [0.15, 0.2) is 53.9 Å². The molecule has 1 aliphatic heterocycles. The van der Waals surface area contributed by atoms with Crippen LogP contribution in [-0.2, 0) is 32.1 Å². The van der Waals surface area contributed by atoms with E-state index in [4.69, 9.17) is 9.47 Å². The highest BCUT2D eigenvalue weighted by Gasteiger charge is 2.30. The third-order valence-corrected chi connectivity index (χ3v) is 5.58. The summed E-state index contributed by atoms with van der Waals surface area (Å²) >= 11 is 1.32. The molecule has 32 heavy (non-hydrogen) atoms. The highest BCUT2D eigenvalue weighted by atomic mass is 32.1. The average Bonchev–Trinajstić information content (AvgIpc) is 3.21. The monoisotopic (exact) mass is 451 g/mol. The van der Waals surface area contributed by atoms with Crippen LogP contribution in [0.25, 0.3) is 0 Å². The summed E-state index contributed by atoms with van der Waals surface area (Å²) in [5.41, 5.74) is 2.95. The van der Waals surface area contributed by atoms with Crippen LogP contribution in [-0.4, -0.2) is 28.9 Å². The van der Waals surface area contributed by atoms with Crippen LogP contribution >= 0.6 is 11.3 Å². The van der Waals surface area contributed by atoms with Crippen LogP contribution in [0, 0.1) is 6.92 Å². The maximum absolute atomic E-state index is 12.2. The molecule has 4 rings (SSSR count). The Morgan fingerprint density at radius 1 is 1.19 bits per heavy atom. The Balaban J connectivity index is 1.24. The van der Waals surface area contributed by atoms with E-state index >= 15 is 0 Å². The van der Waals surface area contributed by atoms with Crippen molar-refractivity contribution < 1.29 is 23.9 Å². The zero-order valence-corrected chi connectivity index (χ0v) is 18.1. The number of fused-ring (bicyclic) bond motifs is 1. The molecule has 0 unspecified atom stereocenters. The summed E-state index contributed by atoms with van der Waals surface area (Å²) in [6.07, 6.45) is -1.04. The smallest absolute Gasteiger partial charge is 0.310 e.